The molecule has 15 heteroatoms. The summed E-state index contributed by atoms with van der Waals surface area (Å²) in [7, 11) is -3.76. The number of benzene rings is 2. The fourth-order valence-corrected chi connectivity index (χ4v) is 6.24. The summed E-state index contributed by atoms with van der Waals surface area (Å²) < 4.78 is 70.1. The van der Waals surface area contributed by atoms with Gasteiger partial charge >= 0.3 is 12.1 Å². The van der Waals surface area contributed by atoms with Crippen LogP contribution in [-0.4, -0.2) is 54.1 Å². The standard InChI is InChI=1S/C24H25Cl2F3N4O5S/c1-2-39(36,37)19-6-5-14(25)8-13(19)10-33-22(34)16-9-18(38-24(27,28)29)17(20(26)21(16)31-23(33)35)12-32-7-3-4-15(30)11-32/h5-6,8-9,15H,2-4,7,10-12,30H2,1H3,(H,31,35)/t15-/m1/s1. The first-order valence-electron chi connectivity index (χ1n) is 11.9. The van der Waals surface area contributed by atoms with Crippen molar-refractivity contribution in [3.8, 4) is 5.75 Å². The lowest BCUT2D eigenvalue weighted by molar-refractivity contribution is -0.274. The smallest absolute Gasteiger partial charge is 0.405 e. The first-order valence-corrected chi connectivity index (χ1v) is 14.3. The van der Waals surface area contributed by atoms with Crippen LogP contribution in [0.1, 0.15) is 30.9 Å². The summed E-state index contributed by atoms with van der Waals surface area (Å²) in [6.07, 6.45) is -3.58. The third-order valence-electron chi connectivity index (χ3n) is 6.49. The molecule has 0 saturated carbocycles. The second-order valence-electron chi connectivity index (χ2n) is 9.25. The zero-order valence-electron chi connectivity index (χ0n) is 20.6. The van der Waals surface area contributed by atoms with Crippen molar-refractivity contribution in [2.24, 2.45) is 5.73 Å². The molecule has 1 aliphatic rings. The van der Waals surface area contributed by atoms with Crippen molar-refractivity contribution in [1.29, 1.82) is 0 Å². The van der Waals surface area contributed by atoms with Gasteiger partial charge in [0.1, 0.15) is 5.75 Å². The van der Waals surface area contributed by atoms with E-state index in [0.717, 1.165) is 18.9 Å². The normalized spacial score (nSPS) is 17.1. The molecule has 1 aliphatic heterocycles. The SMILES string of the molecule is CCS(=O)(=O)c1ccc(Cl)cc1Cn1c(=O)[nH]c2c(Cl)c(CN3CCC[C@@H](N)C3)c(OC(F)(F)F)cc2c1=O. The van der Waals surface area contributed by atoms with E-state index in [4.69, 9.17) is 28.9 Å². The van der Waals surface area contributed by atoms with Crippen molar-refractivity contribution >= 4 is 43.9 Å². The number of rotatable bonds is 7. The van der Waals surface area contributed by atoms with Gasteiger partial charge in [0.25, 0.3) is 5.56 Å². The molecule has 4 rings (SSSR count). The number of piperidine rings is 1. The van der Waals surface area contributed by atoms with E-state index in [1.807, 2.05) is 4.90 Å². The Labute approximate surface area is 231 Å². The van der Waals surface area contributed by atoms with Gasteiger partial charge in [-0.05, 0) is 49.2 Å². The number of aromatic amines is 1. The fraction of sp³-hybridized carbons (Fsp3) is 0.417. The van der Waals surface area contributed by atoms with Crippen LogP contribution >= 0.6 is 23.2 Å². The summed E-state index contributed by atoms with van der Waals surface area (Å²) in [4.78, 5) is 30.6. The predicted molar refractivity (Wildman–Crippen MR) is 141 cm³/mol. The van der Waals surface area contributed by atoms with Gasteiger partial charge < -0.3 is 15.5 Å². The van der Waals surface area contributed by atoms with Crippen molar-refractivity contribution in [2.75, 3.05) is 18.8 Å². The van der Waals surface area contributed by atoms with Crippen molar-refractivity contribution in [3.63, 3.8) is 0 Å². The van der Waals surface area contributed by atoms with Crippen LogP contribution in [0.15, 0.2) is 38.8 Å². The Morgan fingerprint density at radius 1 is 1.18 bits per heavy atom. The van der Waals surface area contributed by atoms with Gasteiger partial charge in [0.15, 0.2) is 9.84 Å². The number of nitrogens with two attached hydrogens (primary N) is 1. The number of nitrogens with zero attached hydrogens (tertiary/aromatic N) is 2. The maximum atomic E-state index is 13.4. The van der Waals surface area contributed by atoms with Gasteiger partial charge in [-0.2, -0.15) is 0 Å². The molecule has 3 N–H and O–H groups in total. The predicted octanol–water partition coefficient (Wildman–Crippen LogP) is 3.66. The molecular weight excluding hydrogens is 584 g/mol. The molecule has 3 aromatic rings. The van der Waals surface area contributed by atoms with E-state index in [1.165, 1.54) is 25.1 Å². The number of alkyl halides is 3. The van der Waals surface area contributed by atoms with Crippen LogP contribution < -0.4 is 21.7 Å². The number of halogens is 5. The van der Waals surface area contributed by atoms with Crippen LogP contribution in [0.5, 0.6) is 5.75 Å². The number of H-pyrrole nitrogens is 1. The van der Waals surface area contributed by atoms with Crippen LogP contribution in [0.25, 0.3) is 10.9 Å². The van der Waals surface area contributed by atoms with Crippen LogP contribution in [0.4, 0.5) is 13.2 Å². The van der Waals surface area contributed by atoms with E-state index in [0.29, 0.717) is 17.7 Å². The average molecular weight is 609 g/mol. The number of aromatic nitrogens is 2. The molecule has 1 atom stereocenters. The minimum absolute atomic E-state index is 0.0558. The Morgan fingerprint density at radius 3 is 2.54 bits per heavy atom. The lowest BCUT2D eigenvalue weighted by Gasteiger charge is -2.31. The summed E-state index contributed by atoms with van der Waals surface area (Å²) >= 11 is 12.5. The Balaban J connectivity index is 1.88. The summed E-state index contributed by atoms with van der Waals surface area (Å²) in [5.74, 6) is -0.935. The van der Waals surface area contributed by atoms with Gasteiger partial charge in [-0.3, -0.25) is 14.3 Å². The summed E-state index contributed by atoms with van der Waals surface area (Å²) in [6, 6.07) is 4.65. The van der Waals surface area contributed by atoms with E-state index in [1.54, 1.807) is 0 Å². The highest BCUT2D eigenvalue weighted by Gasteiger charge is 2.34. The molecule has 9 nitrogen and oxygen atoms in total. The molecule has 1 saturated heterocycles. The maximum absolute atomic E-state index is 13.4. The molecule has 2 heterocycles. The van der Waals surface area contributed by atoms with Crippen LogP contribution in [0.3, 0.4) is 0 Å². The first-order chi connectivity index (χ1) is 18.2. The summed E-state index contributed by atoms with van der Waals surface area (Å²) in [5, 5.41) is -0.458. The van der Waals surface area contributed by atoms with E-state index >= 15 is 0 Å². The van der Waals surface area contributed by atoms with Gasteiger partial charge in [-0.25, -0.2) is 13.2 Å². The molecule has 0 amide bonds. The summed E-state index contributed by atoms with van der Waals surface area (Å²) in [6.45, 7) is 1.84. The Kier molecular flexibility index (Phi) is 8.39. The highest BCUT2D eigenvalue weighted by molar-refractivity contribution is 7.91. The van der Waals surface area contributed by atoms with Crippen molar-refractivity contribution in [2.45, 2.75) is 50.2 Å². The average Bonchev–Trinajstić information content (AvgIpc) is 2.84. The number of hydrogen-bond donors (Lipinski definition) is 2. The zero-order chi connectivity index (χ0) is 28.7. The van der Waals surface area contributed by atoms with Crippen molar-refractivity contribution in [3.05, 3.63) is 66.3 Å². The third kappa shape index (κ3) is 6.43. The number of fused-ring (bicyclic) bond motifs is 1. The molecule has 1 aromatic heterocycles. The Hall–Kier alpha value is -2.58. The zero-order valence-corrected chi connectivity index (χ0v) is 23.0. The van der Waals surface area contributed by atoms with Gasteiger partial charge in [0.2, 0.25) is 0 Å². The van der Waals surface area contributed by atoms with E-state index in [-0.39, 0.29) is 55.3 Å². The molecule has 1 fully saturated rings. The van der Waals surface area contributed by atoms with Crippen LogP contribution in [-0.2, 0) is 22.9 Å². The summed E-state index contributed by atoms with van der Waals surface area (Å²) in [5.41, 5.74) is 3.90. The number of nitrogens with one attached hydrogen (secondary N) is 1. The molecule has 0 radical (unpaired) electrons. The minimum Gasteiger partial charge on any atom is -0.405 e. The van der Waals surface area contributed by atoms with Gasteiger partial charge in [0, 0.05) is 29.7 Å². The quantitative estimate of drug-likeness (QED) is 0.419. The number of likely N-dealkylation sites (tertiary alicyclic amines) is 1. The van der Waals surface area contributed by atoms with Gasteiger partial charge in [-0.1, -0.05) is 30.1 Å². The molecule has 0 unspecified atom stereocenters. The monoisotopic (exact) mass is 608 g/mol. The minimum atomic E-state index is -5.09. The second-order valence-corrected chi connectivity index (χ2v) is 12.3. The van der Waals surface area contributed by atoms with Crippen LogP contribution in [0.2, 0.25) is 10.0 Å². The highest BCUT2D eigenvalue weighted by atomic mass is 35.5. The highest BCUT2D eigenvalue weighted by Crippen LogP contribution is 2.36. The fourth-order valence-electron chi connectivity index (χ4n) is 4.64. The molecule has 0 spiro atoms. The Bertz CT molecular complexity index is 1640. The molecule has 39 heavy (non-hydrogen) atoms. The Morgan fingerprint density at radius 2 is 1.90 bits per heavy atom. The molecule has 0 aliphatic carbocycles. The lowest BCUT2D eigenvalue weighted by atomic mass is 10.0. The topological polar surface area (TPSA) is 127 Å². The van der Waals surface area contributed by atoms with E-state index < -0.39 is 39.7 Å². The van der Waals surface area contributed by atoms with E-state index in [2.05, 4.69) is 9.72 Å². The van der Waals surface area contributed by atoms with Gasteiger partial charge in [0.05, 0.1) is 33.1 Å². The molecule has 0 bridgehead atoms. The second kappa shape index (κ2) is 11.1. The third-order valence-corrected chi connectivity index (χ3v) is 8.98. The largest absolute Gasteiger partial charge is 0.573 e. The molecular formula is C24H25Cl2F3N4O5S. The van der Waals surface area contributed by atoms with Crippen molar-refractivity contribution in [1.82, 2.24) is 14.5 Å². The number of hydrogen-bond acceptors (Lipinski definition) is 7. The van der Waals surface area contributed by atoms with Crippen LogP contribution in [0, 0.1) is 0 Å². The molecule has 2 aromatic carbocycles. The molecule has 212 valence electrons. The van der Waals surface area contributed by atoms with Crippen molar-refractivity contribution < 1.29 is 26.3 Å². The van der Waals surface area contributed by atoms with E-state index in [9.17, 15) is 31.2 Å². The first kappa shape index (κ1) is 29.4. The maximum Gasteiger partial charge on any atom is 0.573 e. The number of ether oxygens (including phenoxy) is 1. The lowest BCUT2D eigenvalue weighted by Crippen LogP contribution is -2.42. The number of sulfone groups is 1. The van der Waals surface area contributed by atoms with Gasteiger partial charge in [-0.15, -0.1) is 13.2 Å².